The van der Waals surface area contributed by atoms with Crippen LogP contribution in [0.15, 0.2) is 12.4 Å². The number of hydrogen-bond acceptors (Lipinski definition) is 4. The van der Waals surface area contributed by atoms with E-state index in [4.69, 9.17) is 0 Å². The Morgan fingerprint density at radius 1 is 1.43 bits per heavy atom. The average Bonchev–Trinajstić information content (AvgIpc) is 2.74. The molecule has 1 N–H and O–H groups in total. The molecule has 7 heteroatoms. The Balaban J connectivity index is 2.09. The first-order valence-corrected chi connectivity index (χ1v) is 7.12. The fourth-order valence-electron chi connectivity index (χ4n) is 2.67. The molecule has 0 aromatic carbocycles. The number of rotatable bonds is 4. The van der Waals surface area contributed by atoms with Gasteiger partial charge in [-0.3, -0.25) is 9.59 Å². The summed E-state index contributed by atoms with van der Waals surface area (Å²) in [7, 11) is 4.06. The molecule has 2 amide bonds. The number of nitrogens with one attached hydrogen (secondary N) is 1. The molecule has 0 unspecified atom stereocenters. The third-order valence-corrected chi connectivity index (χ3v) is 3.53. The fraction of sp³-hybridized carbons (Fsp3) is 0.643. The van der Waals surface area contributed by atoms with E-state index in [1.54, 1.807) is 11.1 Å². The predicted molar refractivity (Wildman–Crippen MR) is 78.4 cm³/mol. The number of fused-ring (bicyclic) bond motifs is 1. The number of amides is 2. The fourth-order valence-corrected chi connectivity index (χ4v) is 2.67. The van der Waals surface area contributed by atoms with Gasteiger partial charge in [-0.05, 0) is 14.1 Å². The lowest BCUT2D eigenvalue weighted by atomic mass is 10.1. The maximum absolute atomic E-state index is 12.3. The van der Waals surface area contributed by atoms with Crippen LogP contribution in [0.2, 0.25) is 0 Å². The molecule has 116 valence electrons. The highest BCUT2D eigenvalue weighted by Crippen LogP contribution is 2.16. The first-order valence-electron chi connectivity index (χ1n) is 7.12. The van der Waals surface area contributed by atoms with Crippen molar-refractivity contribution in [2.24, 2.45) is 5.92 Å². The average molecular weight is 293 g/mol. The molecule has 1 aromatic heterocycles. The van der Waals surface area contributed by atoms with Crippen LogP contribution in [0, 0.1) is 5.92 Å². The summed E-state index contributed by atoms with van der Waals surface area (Å²) in [5.41, 5.74) is 0. The van der Waals surface area contributed by atoms with Gasteiger partial charge in [0.1, 0.15) is 5.82 Å². The monoisotopic (exact) mass is 293 g/mol. The zero-order valence-electron chi connectivity index (χ0n) is 12.9. The molecule has 1 aliphatic rings. The smallest absolute Gasteiger partial charge is 0.242 e. The lowest BCUT2D eigenvalue weighted by molar-refractivity contribution is -0.133. The molecule has 0 saturated heterocycles. The summed E-state index contributed by atoms with van der Waals surface area (Å²) < 4.78 is 2.11. The highest BCUT2D eigenvalue weighted by atomic mass is 16.2. The molecule has 0 bridgehead atoms. The Morgan fingerprint density at radius 2 is 2.19 bits per heavy atom. The minimum atomic E-state index is -0.190. The van der Waals surface area contributed by atoms with Crippen LogP contribution >= 0.6 is 0 Å². The van der Waals surface area contributed by atoms with E-state index in [1.165, 1.54) is 6.92 Å². The molecule has 2 rings (SSSR count). The molecule has 0 saturated carbocycles. The van der Waals surface area contributed by atoms with Gasteiger partial charge in [-0.2, -0.15) is 0 Å². The van der Waals surface area contributed by atoms with E-state index in [0.717, 1.165) is 18.9 Å². The minimum absolute atomic E-state index is 0.0464. The summed E-state index contributed by atoms with van der Waals surface area (Å²) in [6.07, 6.45) is 3.73. The van der Waals surface area contributed by atoms with Crippen molar-refractivity contribution in [3.05, 3.63) is 18.2 Å². The van der Waals surface area contributed by atoms with E-state index in [9.17, 15) is 9.59 Å². The van der Waals surface area contributed by atoms with Gasteiger partial charge in [-0.15, -0.1) is 0 Å². The number of aromatic nitrogens is 2. The molecule has 1 aromatic rings. The van der Waals surface area contributed by atoms with Crippen LogP contribution in [0.5, 0.6) is 0 Å². The summed E-state index contributed by atoms with van der Waals surface area (Å²) in [5, 5.41) is 2.57. The normalized spacial score (nSPS) is 18.3. The highest BCUT2D eigenvalue weighted by molar-refractivity contribution is 5.83. The first-order chi connectivity index (χ1) is 9.95. The van der Waals surface area contributed by atoms with Gasteiger partial charge in [-0.25, -0.2) is 4.98 Å². The molecule has 21 heavy (non-hydrogen) atoms. The highest BCUT2D eigenvalue weighted by Gasteiger charge is 2.25. The summed E-state index contributed by atoms with van der Waals surface area (Å²) in [6, 6.07) is 0. The van der Waals surface area contributed by atoms with Crippen molar-refractivity contribution in [3.8, 4) is 0 Å². The van der Waals surface area contributed by atoms with Gasteiger partial charge in [0.2, 0.25) is 11.8 Å². The molecule has 0 fully saturated rings. The van der Waals surface area contributed by atoms with Gasteiger partial charge in [0.25, 0.3) is 0 Å². The Bertz CT molecular complexity index is 511. The van der Waals surface area contributed by atoms with E-state index in [-0.39, 0.29) is 18.4 Å². The first kappa shape index (κ1) is 15.5. The van der Waals surface area contributed by atoms with E-state index in [0.29, 0.717) is 19.0 Å². The summed E-state index contributed by atoms with van der Waals surface area (Å²) in [6.45, 7) is 4.40. The maximum Gasteiger partial charge on any atom is 0.242 e. The van der Waals surface area contributed by atoms with Gasteiger partial charge in [0, 0.05) is 44.9 Å². The maximum atomic E-state index is 12.3. The van der Waals surface area contributed by atoms with Gasteiger partial charge < -0.3 is 19.7 Å². The summed E-state index contributed by atoms with van der Waals surface area (Å²) in [4.78, 5) is 31.5. The number of imidazole rings is 1. The Morgan fingerprint density at radius 3 is 2.86 bits per heavy atom. The zero-order chi connectivity index (χ0) is 15.4. The van der Waals surface area contributed by atoms with Crippen molar-refractivity contribution >= 4 is 11.8 Å². The van der Waals surface area contributed by atoms with Crippen molar-refractivity contribution in [2.45, 2.75) is 20.0 Å². The van der Waals surface area contributed by atoms with E-state index >= 15 is 0 Å². The number of hydrogen-bond donors (Lipinski definition) is 1. The zero-order valence-corrected chi connectivity index (χ0v) is 12.9. The second-order valence-electron chi connectivity index (χ2n) is 5.81. The SMILES string of the molecule is CC(=O)NCC(=O)N1Cc2nccn2C[C@@H](CN(C)C)C1. The Kier molecular flexibility index (Phi) is 4.95. The molecule has 0 spiro atoms. The summed E-state index contributed by atoms with van der Waals surface area (Å²) in [5.74, 6) is 0.985. The third kappa shape index (κ3) is 4.29. The van der Waals surface area contributed by atoms with Crippen LogP contribution < -0.4 is 5.32 Å². The van der Waals surface area contributed by atoms with E-state index in [1.807, 2.05) is 20.3 Å². The summed E-state index contributed by atoms with van der Waals surface area (Å²) >= 11 is 0. The van der Waals surface area contributed by atoms with Crippen molar-refractivity contribution in [3.63, 3.8) is 0 Å². The van der Waals surface area contributed by atoms with Gasteiger partial charge >= 0.3 is 0 Å². The quantitative estimate of drug-likeness (QED) is 0.815. The van der Waals surface area contributed by atoms with Gasteiger partial charge in [-0.1, -0.05) is 0 Å². The molecule has 1 atom stereocenters. The lowest BCUT2D eigenvalue weighted by Crippen LogP contribution is -2.42. The second-order valence-corrected chi connectivity index (χ2v) is 5.81. The van der Waals surface area contributed by atoms with Crippen LogP contribution in [0.25, 0.3) is 0 Å². The minimum Gasteiger partial charge on any atom is -0.347 e. The van der Waals surface area contributed by atoms with Crippen LogP contribution in [-0.4, -0.2) is 64.9 Å². The van der Waals surface area contributed by atoms with Crippen LogP contribution in [0.1, 0.15) is 12.7 Å². The van der Waals surface area contributed by atoms with E-state index in [2.05, 4.69) is 19.8 Å². The Labute approximate surface area is 124 Å². The largest absolute Gasteiger partial charge is 0.347 e. The topological polar surface area (TPSA) is 70.5 Å². The predicted octanol–water partition coefficient (Wildman–Crippen LogP) is -0.461. The van der Waals surface area contributed by atoms with Crippen molar-refractivity contribution in [1.82, 2.24) is 24.7 Å². The molecule has 0 aliphatic carbocycles. The number of carbonyl (C=O) groups excluding carboxylic acids is 2. The van der Waals surface area contributed by atoms with E-state index < -0.39 is 0 Å². The molecule has 0 radical (unpaired) electrons. The van der Waals surface area contributed by atoms with Crippen molar-refractivity contribution < 1.29 is 9.59 Å². The molecule has 1 aliphatic heterocycles. The van der Waals surface area contributed by atoms with Crippen molar-refractivity contribution in [2.75, 3.05) is 33.7 Å². The standard InChI is InChI=1S/C14H23N5O2/c1-11(20)16-6-14(21)19-9-12(7-17(2)3)8-18-5-4-15-13(18)10-19/h4-5,12H,6-10H2,1-3H3,(H,16,20)/t12-/m1/s1. The second kappa shape index (κ2) is 6.71. The molecular formula is C14H23N5O2. The van der Waals surface area contributed by atoms with Crippen LogP contribution in [0.3, 0.4) is 0 Å². The molecule has 2 heterocycles. The molecule has 7 nitrogen and oxygen atoms in total. The number of carbonyl (C=O) groups is 2. The van der Waals surface area contributed by atoms with Crippen molar-refractivity contribution in [1.29, 1.82) is 0 Å². The van der Waals surface area contributed by atoms with Crippen LogP contribution in [-0.2, 0) is 22.7 Å². The van der Waals surface area contributed by atoms with Gasteiger partial charge in [0.15, 0.2) is 0 Å². The molecular weight excluding hydrogens is 270 g/mol. The number of nitrogens with zero attached hydrogens (tertiary/aromatic N) is 4. The lowest BCUT2D eigenvalue weighted by Gasteiger charge is -2.26. The third-order valence-electron chi connectivity index (χ3n) is 3.53. The Hall–Kier alpha value is -1.89. The van der Waals surface area contributed by atoms with Crippen LogP contribution in [0.4, 0.5) is 0 Å². The van der Waals surface area contributed by atoms with Gasteiger partial charge in [0.05, 0.1) is 13.1 Å².